The zero-order valence-electron chi connectivity index (χ0n) is 20.1. The van der Waals surface area contributed by atoms with Gasteiger partial charge in [0.25, 0.3) is 5.91 Å². The number of fused-ring (bicyclic) bond motifs is 2. The molecule has 1 N–H and O–H groups in total. The molecule has 3 aromatic carbocycles. The summed E-state index contributed by atoms with van der Waals surface area (Å²) in [6.45, 7) is 6.00. The highest BCUT2D eigenvalue weighted by atomic mass is 32.2. The number of rotatable bonds is 7. The molecular weight excluding hydrogens is 454 g/mol. The van der Waals surface area contributed by atoms with Gasteiger partial charge in [-0.05, 0) is 61.2 Å². The molecule has 35 heavy (non-hydrogen) atoms. The number of para-hydroxylation sites is 2. The molecule has 0 atom stereocenters. The molecule has 0 fully saturated rings. The Morgan fingerprint density at radius 2 is 1.77 bits per heavy atom. The van der Waals surface area contributed by atoms with Gasteiger partial charge in [-0.2, -0.15) is 0 Å². The number of anilines is 1. The van der Waals surface area contributed by atoms with Crippen LogP contribution in [0.25, 0.3) is 10.9 Å². The summed E-state index contributed by atoms with van der Waals surface area (Å²) >= 11 is 1.58. The fourth-order valence-electron chi connectivity index (χ4n) is 4.60. The molecule has 2 heterocycles. The number of carbonyl (C=O) groups excluding carboxylic acids is 2. The number of aryl methyl sites for hydroxylation is 2. The van der Waals surface area contributed by atoms with Gasteiger partial charge in [-0.25, -0.2) is 0 Å². The lowest BCUT2D eigenvalue weighted by atomic mass is 10.1. The maximum atomic E-state index is 13.0. The lowest BCUT2D eigenvalue weighted by molar-refractivity contribution is -0.116. The number of hydrogen-bond acceptors (Lipinski definition) is 3. The summed E-state index contributed by atoms with van der Waals surface area (Å²) in [7, 11) is 0. The highest BCUT2D eigenvalue weighted by Crippen LogP contribution is 2.32. The second kappa shape index (κ2) is 10.0. The Labute approximate surface area is 210 Å². The number of aromatic nitrogens is 1. The van der Waals surface area contributed by atoms with Gasteiger partial charge in [-0.3, -0.25) is 9.59 Å². The van der Waals surface area contributed by atoms with Crippen molar-refractivity contribution in [1.82, 2.24) is 9.88 Å². The summed E-state index contributed by atoms with van der Waals surface area (Å²) in [6.07, 6.45) is 3.02. The summed E-state index contributed by atoms with van der Waals surface area (Å²) in [4.78, 5) is 28.6. The quantitative estimate of drug-likeness (QED) is 0.360. The van der Waals surface area contributed by atoms with Crippen molar-refractivity contribution in [2.24, 2.45) is 0 Å². The van der Waals surface area contributed by atoms with Crippen LogP contribution in [0, 0.1) is 13.8 Å². The van der Waals surface area contributed by atoms with Crippen molar-refractivity contribution in [3.05, 3.63) is 95.2 Å². The highest BCUT2D eigenvalue weighted by Gasteiger charge is 2.24. The summed E-state index contributed by atoms with van der Waals surface area (Å²) in [6, 6.07) is 22.2. The predicted octanol–water partition coefficient (Wildman–Crippen LogP) is 5.37. The summed E-state index contributed by atoms with van der Waals surface area (Å²) < 4.78 is 2.16. The first-order valence-electron chi connectivity index (χ1n) is 12.0. The summed E-state index contributed by atoms with van der Waals surface area (Å²) in [5, 5.41) is 4.17. The number of nitrogens with one attached hydrogen (secondary N) is 1. The third-order valence-corrected chi connectivity index (χ3v) is 7.73. The van der Waals surface area contributed by atoms with E-state index < -0.39 is 0 Å². The SMILES string of the molecule is Cc1ccc(C(=O)NCCn2cc(SCC(=O)N3CCc4ccccc43)c3ccccc32)cc1C. The first-order valence-corrected chi connectivity index (χ1v) is 12.9. The number of nitrogens with zero attached hydrogens (tertiary/aromatic N) is 2. The van der Waals surface area contributed by atoms with Gasteiger partial charge in [-0.15, -0.1) is 11.8 Å². The molecule has 0 radical (unpaired) electrons. The van der Waals surface area contributed by atoms with E-state index >= 15 is 0 Å². The normalized spacial score (nSPS) is 12.7. The molecule has 6 heteroatoms. The van der Waals surface area contributed by atoms with Crippen LogP contribution in [0.15, 0.2) is 77.8 Å². The maximum absolute atomic E-state index is 13.0. The molecular formula is C29H29N3O2S. The molecule has 4 aromatic rings. The maximum Gasteiger partial charge on any atom is 0.251 e. The second-order valence-electron chi connectivity index (χ2n) is 8.97. The first-order chi connectivity index (χ1) is 17.0. The van der Waals surface area contributed by atoms with Crippen LogP contribution < -0.4 is 10.2 Å². The second-order valence-corrected chi connectivity index (χ2v) is 9.99. The van der Waals surface area contributed by atoms with E-state index in [9.17, 15) is 9.59 Å². The predicted molar refractivity (Wildman–Crippen MR) is 143 cm³/mol. The smallest absolute Gasteiger partial charge is 0.251 e. The Bertz CT molecular complexity index is 1410. The molecule has 0 spiro atoms. The molecule has 0 unspecified atom stereocenters. The third-order valence-electron chi connectivity index (χ3n) is 6.70. The largest absolute Gasteiger partial charge is 0.350 e. The monoisotopic (exact) mass is 483 g/mol. The van der Waals surface area contributed by atoms with E-state index in [-0.39, 0.29) is 11.8 Å². The number of amides is 2. The molecule has 5 nitrogen and oxygen atoms in total. The minimum atomic E-state index is -0.0596. The minimum Gasteiger partial charge on any atom is -0.350 e. The molecule has 0 saturated heterocycles. The Kier molecular flexibility index (Phi) is 6.64. The van der Waals surface area contributed by atoms with Gasteiger partial charge in [0.15, 0.2) is 0 Å². The van der Waals surface area contributed by atoms with Gasteiger partial charge in [0.1, 0.15) is 0 Å². The van der Waals surface area contributed by atoms with Gasteiger partial charge < -0.3 is 14.8 Å². The van der Waals surface area contributed by atoms with Crippen LogP contribution >= 0.6 is 11.8 Å². The third kappa shape index (κ3) is 4.84. The van der Waals surface area contributed by atoms with E-state index in [0.29, 0.717) is 24.4 Å². The van der Waals surface area contributed by atoms with Crippen LogP contribution in [0.5, 0.6) is 0 Å². The van der Waals surface area contributed by atoms with E-state index in [1.54, 1.807) is 11.8 Å². The molecule has 178 valence electrons. The molecule has 5 rings (SSSR count). The van der Waals surface area contributed by atoms with Crippen LogP contribution in [0.1, 0.15) is 27.0 Å². The van der Waals surface area contributed by atoms with Crippen molar-refractivity contribution < 1.29 is 9.59 Å². The van der Waals surface area contributed by atoms with Gasteiger partial charge in [-0.1, -0.05) is 42.5 Å². The average Bonchev–Trinajstić information content (AvgIpc) is 3.46. The standard InChI is InChI=1S/C29H29N3O2S/c1-20-11-12-23(17-21(20)2)29(34)30-14-16-31-18-27(24-8-4-6-10-26(24)31)35-19-28(33)32-15-13-22-7-3-5-9-25(22)32/h3-12,17-18H,13-16,19H2,1-2H3,(H,30,34). The highest BCUT2D eigenvalue weighted by molar-refractivity contribution is 8.00. The zero-order valence-corrected chi connectivity index (χ0v) is 20.9. The molecule has 1 aliphatic rings. The van der Waals surface area contributed by atoms with E-state index in [1.807, 2.05) is 67.3 Å². The number of benzene rings is 3. The number of hydrogen-bond donors (Lipinski definition) is 1. The van der Waals surface area contributed by atoms with Crippen LogP contribution in [0.2, 0.25) is 0 Å². The average molecular weight is 484 g/mol. The Morgan fingerprint density at radius 1 is 0.971 bits per heavy atom. The Hall–Kier alpha value is -3.51. The number of thioether (sulfide) groups is 1. The van der Waals surface area contributed by atoms with Crippen molar-refractivity contribution in [2.45, 2.75) is 31.7 Å². The number of carbonyl (C=O) groups is 2. The van der Waals surface area contributed by atoms with E-state index in [4.69, 9.17) is 0 Å². The van der Waals surface area contributed by atoms with Gasteiger partial charge in [0.05, 0.1) is 5.75 Å². The van der Waals surface area contributed by atoms with Gasteiger partial charge in [0, 0.05) is 52.9 Å². The molecule has 0 saturated carbocycles. The van der Waals surface area contributed by atoms with Crippen LogP contribution in [-0.4, -0.2) is 35.2 Å². The van der Waals surface area contributed by atoms with Crippen molar-refractivity contribution in [3.63, 3.8) is 0 Å². The van der Waals surface area contributed by atoms with Crippen LogP contribution in [0.4, 0.5) is 5.69 Å². The minimum absolute atomic E-state index is 0.0596. The van der Waals surface area contributed by atoms with E-state index in [0.717, 1.165) is 40.0 Å². The van der Waals surface area contributed by atoms with Crippen molar-refractivity contribution >= 4 is 40.2 Å². The zero-order chi connectivity index (χ0) is 24.4. The Balaban J connectivity index is 1.24. The molecule has 0 aliphatic carbocycles. The van der Waals surface area contributed by atoms with Crippen molar-refractivity contribution in [1.29, 1.82) is 0 Å². The summed E-state index contributed by atoms with van der Waals surface area (Å²) in [5.41, 5.74) is 6.36. The topological polar surface area (TPSA) is 54.3 Å². The van der Waals surface area contributed by atoms with Crippen LogP contribution in [0.3, 0.4) is 0 Å². The first kappa shape index (κ1) is 23.2. The lowest BCUT2D eigenvalue weighted by Crippen LogP contribution is -2.30. The lowest BCUT2D eigenvalue weighted by Gasteiger charge is -2.16. The van der Waals surface area contributed by atoms with Gasteiger partial charge >= 0.3 is 0 Å². The Morgan fingerprint density at radius 3 is 2.63 bits per heavy atom. The molecule has 2 amide bonds. The van der Waals surface area contributed by atoms with Crippen LogP contribution in [-0.2, 0) is 17.8 Å². The fraction of sp³-hybridized carbons (Fsp3) is 0.241. The molecule has 1 aliphatic heterocycles. The molecule has 1 aromatic heterocycles. The van der Waals surface area contributed by atoms with E-state index in [1.165, 1.54) is 11.1 Å². The van der Waals surface area contributed by atoms with Crippen molar-refractivity contribution in [2.75, 3.05) is 23.7 Å². The molecule has 0 bridgehead atoms. The van der Waals surface area contributed by atoms with E-state index in [2.05, 4.69) is 34.3 Å². The summed E-state index contributed by atoms with van der Waals surface area (Å²) in [5.74, 6) is 0.472. The van der Waals surface area contributed by atoms with Gasteiger partial charge in [0.2, 0.25) is 5.91 Å². The van der Waals surface area contributed by atoms with Crippen molar-refractivity contribution in [3.8, 4) is 0 Å². The fourth-order valence-corrected chi connectivity index (χ4v) is 5.57.